The third kappa shape index (κ3) is 59.7. The zero-order valence-corrected chi connectivity index (χ0v) is 50.1. The first-order chi connectivity index (χ1) is 37.0. The fraction of sp³-hybridized carbons (Fsp3) is 0.667. The van der Waals surface area contributed by atoms with Crippen LogP contribution in [0.5, 0.6) is 0 Å². The Labute approximate surface area is 467 Å². The van der Waals surface area contributed by atoms with Crippen LogP contribution >= 0.6 is 7.82 Å². The molecule has 0 heterocycles. The molecule has 0 saturated heterocycles. The van der Waals surface area contributed by atoms with Crippen LogP contribution in [0.1, 0.15) is 232 Å². The van der Waals surface area contributed by atoms with Gasteiger partial charge < -0.3 is 18.9 Å². The van der Waals surface area contributed by atoms with Crippen molar-refractivity contribution in [3.63, 3.8) is 0 Å². The number of hydrogen-bond donors (Lipinski definition) is 1. The molecule has 2 atom stereocenters. The quantitative estimate of drug-likeness (QED) is 0.0211. The summed E-state index contributed by atoms with van der Waals surface area (Å²) in [5, 5.41) is 0. The number of unbranched alkanes of at least 4 members (excludes halogenated alkanes) is 20. The second kappa shape index (κ2) is 56.1. The molecule has 0 spiro atoms. The Morgan fingerprint density at radius 1 is 0.421 bits per heavy atom. The van der Waals surface area contributed by atoms with Crippen molar-refractivity contribution in [2.24, 2.45) is 0 Å². The Morgan fingerprint density at radius 3 is 1.12 bits per heavy atom. The van der Waals surface area contributed by atoms with Crippen LogP contribution in [0.3, 0.4) is 0 Å². The van der Waals surface area contributed by atoms with Crippen LogP contribution in [0.2, 0.25) is 0 Å². The standard InChI is InChI=1S/C66H112NO8P/c1-6-8-10-12-14-16-18-19-20-21-22-23-24-25-26-27-28-29-30-31-32-33-34-35-36-37-38-39-40-41-42-43-44-45-46-47-49-51-53-55-57-59-66(69)75-64(63-74-76(70,71)73-61-60-67(3,4)5)62-72-65(68)58-56-54-52-50-48-17-15-13-11-9-7-2/h8,10,14,16,19-20,22-23,25-26,28-29,31-32,34-35,37-38,40-41,64H,6-7,9,11-13,15,17-18,21,24,27,30,33,36,39,42-63H2,1-5H3/p+1/b10-8-,16-14-,20-19-,23-22-,26-25-,29-28-,32-31-,35-34-,38-37-,41-40-. The molecule has 1 N–H and O–H groups in total. The van der Waals surface area contributed by atoms with Crippen molar-refractivity contribution in [2.45, 2.75) is 238 Å². The summed E-state index contributed by atoms with van der Waals surface area (Å²) in [4.78, 5) is 35.6. The van der Waals surface area contributed by atoms with Crippen molar-refractivity contribution < 1.29 is 42.1 Å². The average Bonchev–Trinajstić information content (AvgIpc) is 3.38. The molecule has 0 fully saturated rings. The number of carbonyl (C=O) groups excluding carboxylic acids is 2. The number of hydrogen-bond acceptors (Lipinski definition) is 7. The molecule has 0 aliphatic heterocycles. The van der Waals surface area contributed by atoms with Gasteiger partial charge in [-0.2, -0.15) is 0 Å². The van der Waals surface area contributed by atoms with Crippen LogP contribution in [0.25, 0.3) is 0 Å². The lowest BCUT2D eigenvalue weighted by Gasteiger charge is -2.24. The number of ether oxygens (including phenoxy) is 2. The topological polar surface area (TPSA) is 108 Å². The Hall–Kier alpha value is -3.59. The van der Waals surface area contributed by atoms with Gasteiger partial charge in [-0.3, -0.25) is 18.6 Å². The molecule has 0 amide bonds. The Balaban J connectivity index is 4.04. The molecule has 0 aliphatic rings. The molecule has 0 aromatic heterocycles. The van der Waals surface area contributed by atoms with Gasteiger partial charge in [0.15, 0.2) is 6.10 Å². The minimum Gasteiger partial charge on any atom is -0.462 e. The lowest BCUT2D eigenvalue weighted by Crippen LogP contribution is -2.37. The summed E-state index contributed by atoms with van der Waals surface area (Å²) in [6, 6.07) is 0. The first-order valence-corrected chi connectivity index (χ1v) is 31.8. The van der Waals surface area contributed by atoms with Crippen LogP contribution in [-0.2, 0) is 32.7 Å². The van der Waals surface area contributed by atoms with E-state index in [0.717, 1.165) is 109 Å². The molecule has 76 heavy (non-hydrogen) atoms. The maximum Gasteiger partial charge on any atom is 0.472 e. The highest BCUT2D eigenvalue weighted by molar-refractivity contribution is 7.47. The van der Waals surface area contributed by atoms with Crippen molar-refractivity contribution in [1.29, 1.82) is 0 Å². The zero-order valence-electron chi connectivity index (χ0n) is 49.2. The summed E-state index contributed by atoms with van der Waals surface area (Å²) in [6.45, 7) is 4.29. The van der Waals surface area contributed by atoms with Gasteiger partial charge >= 0.3 is 19.8 Å². The molecule has 0 aromatic rings. The maximum atomic E-state index is 12.8. The summed E-state index contributed by atoms with van der Waals surface area (Å²) in [7, 11) is 1.47. The number of phosphoric ester groups is 1. The van der Waals surface area contributed by atoms with E-state index < -0.39 is 26.5 Å². The average molecular weight is 1080 g/mol. The number of esters is 2. The largest absolute Gasteiger partial charge is 0.472 e. The highest BCUT2D eigenvalue weighted by atomic mass is 31.2. The van der Waals surface area contributed by atoms with Crippen LogP contribution in [-0.4, -0.2) is 74.9 Å². The molecule has 9 nitrogen and oxygen atoms in total. The molecule has 2 unspecified atom stereocenters. The van der Waals surface area contributed by atoms with Crippen LogP contribution in [0.4, 0.5) is 0 Å². The number of nitrogens with zero attached hydrogens (tertiary/aromatic N) is 1. The van der Waals surface area contributed by atoms with Crippen molar-refractivity contribution in [1.82, 2.24) is 0 Å². The predicted molar refractivity (Wildman–Crippen MR) is 325 cm³/mol. The molecule has 0 bridgehead atoms. The maximum absolute atomic E-state index is 12.8. The molecule has 0 aromatic carbocycles. The molecular weight excluding hydrogens is 966 g/mol. The molecular formula is C66H113NO8P+. The van der Waals surface area contributed by atoms with Crippen LogP contribution < -0.4 is 0 Å². The normalized spacial score (nSPS) is 14.1. The van der Waals surface area contributed by atoms with E-state index in [0.29, 0.717) is 17.4 Å². The van der Waals surface area contributed by atoms with E-state index in [2.05, 4.69) is 135 Å². The van der Waals surface area contributed by atoms with Crippen molar-refractivity contribution in [3.05, 3.63) is 122 Å². The number of allylic oxidation sites excluding steroid dienone is 20. The zero-order chi connectivity index (χ0) is 55.6. The summed E-state index contributed by atoms with van der Waals surface area (Å²) in [5.74, 6) is -0.806. The van der Waals surface area contributed by atoms with Crippen LogP contribution in [0, 0.1) is 0 Å². The van der Waals surface area contributed by atoms with E-state index in [1.165, 1.54) is 89.9 Å². The highest BCUT2D eigenvalue weighted by Gasteiger charge is 2.27. The van der Waals surface area contributed by atoms with E-state index in [1.54, 1.807) is 0 Å². The molecule has 10 heteroatoms. The summed E-state index contributed by atoms with van der Waals surface area (Å²) < 4.78 is 34.5. The first-order valence-electron chi connectivity index (χ1n) is 30.3. The van der Waals surface area contributed by atoms with E-state index in [4.69, 9.17) is 18.5 Å². The van der Waals surface area contributed by atoms with Gasteiger partial charge in [-0.15, -0.1) is 0 Å². The monoisotopic (exact) mass is 1080 g/mol. The second-order valence-corrected chi connectivity index (χ2v) is 22.5. The van der Waals surface area contributed by atoms with Gasteiger partial charge in [0.05, 0.1) is 27.7 Å². The number of quaternary nitrogens is 1. The fourth-order valence-corrected chi connectivity index (χ4v) is 8.61. The van der Waals surface area contributed by atoms with E-state index in [9.17, 15) is 19.0 Å². The third-order valence-electron chi connectivity index (χ3n) is 12.5. The molecule has 0 rings (SSSR count). The lowest BCUT2D eigenvalue weighted by atomic mass is 10.0. The lowest BCUT2D eigenvalue weighted by molar-refractivity contribution is -0.870. The van der Waals surface area contributed by atoms with Crippen molar-refractivity contribution in [3.8, 4) is 0 Å². The van der Waals surface area contributed by atoms with Gasteiger partial charge in [-0.25, -0.2) is 4.57 Å². The van der Waals surface area contributed by atoms with Gasteiger partial charge in [0.25, 0.3) is 0 Å². The minimum absolute atomic E-state index is 0.0272. The molecule has 434 valence electrons. The van der Waals surface area contributed by atoms with E-state index in [1.807, 2.05) is 21.1 Å². The number of likely N-dealkylation sites (N-methyl/N-ethyl adjacent to an activating group) is 1. The van der Waals surface area contributed by atoms with Gasteiger partial charge in [0, 0.05) is 12.8 Å². The van der Waals surface area contributed by atoms with E-state index >= 15 is 0 Å². The third-order valence-corrected chi connectivity index (χ3v) is 13.5. The molecule has 0 radical (unpaired) electrons. The highest BCUT2D eigenvalue weighted by Crippen LogP contribution is 2.43. The second-order valence-electron chi connectivity index (χ2n) is 21.0. The van der Waals surface area contributed by atoms with E-state index in [-0.39, 0.29) is 32.0 Å². The first kappa shape index (κ1) is 72.4. The summed E-state index contributed by atoms with van der Waals surface area (Å²) >= 11 is 0. The number of carbonyl (C=O) groups is 2. The Kier molecular flexibility index (Phi) is 53.5. The molecule has 0 aliphatic carbocycles. The SMILES string of the molecule is CC/C=C\C/C=C\C/C=C\C/C=C\C/C=C\C/C=C\C/C=C\C/C=C\C/C=C\C/C=C\CCCCCCCCCCCCC(=O)OC(COC(=O)CCCCCCCCCCCCC)COP(=O)(O)OCC[N+](C)(C)C. The fourth-order valence-electron chi connectivity index (χ4n) is 7.87. The van der Waals surface area contributed by atoms with Gasteiger partial charge in [-0.1, -0.05) is 251 Å². The van der Waals surface area contributed by atoms with Crippen LogP contribution in [0.15, 0.2) is 122 Å². The smallest absolute Gasteiger partial charge is 0.462 e. The minimum atomic E-state index is -4.39. The Morgan fingerprint density at radius 2 is 0.750 bits per heavy atom. The van der Waals surface area contributed by atoms with Crippen molar-refractivity contribution >= 4 is 19.8 Å². The van der Waals surface area contributed by atoms with Gasteiger partial charge in [0.1, 0.15) is 19.8 Å². The van der Waals surface area contributed by atoms with Gasteiger partial charge in [0.2, 0.25) is 0 Å². The summed E-state index contributed by atoms with van der Waals surface area (Å²) in [6.07, 6.45) is 80.0. The summed E-state index contributed by atoms with van der Waals surface area (Å²) in [5.41, 5.74) is 0. The van der Waals surface area contributed by atoms with Crippen molar-refractivity contribution in [2.75, 3.05) is 47.5 Å². The number of phosphoric acid groups is 1. The molecule has 0 saturated carbocycles. The van der Waals surface area contributed by atoms with Gasteiger partial charge in [-0.05, 0) is 89.9 Å². The Bertz CT molecular complexity index is 1700. The predicted octanol–water partition coefficient (Wildman–Crippen LogP) is 19.1. The number of rotatable bonds is 54.